The summed E-state index contributed by atoms with van der Waals surface area (Å²) in [5.74, 6) is 0.539. The summed E-state index contributed by atoms with van der Waals surface area (Å²) in [7, 11) is 0. The number of aromatic hydroxyl groups is 1. The van der Waals surface area contributed by atoms with Gasteiger partial charge in [-0.1, -0.05) is 37.0 Å². The molecule has 2 nitrogen and oxygen atoms in total. The summed E-state index contributed by atoms with van der Waals surface area (Å²) in [6.45, 7) is 4.31. The first-order chi connectivity index (χ1) is 7.41. The quantitative estimate of drug-likeness (QED) is 0.856. The molecule has 1 aromatic rings. The lowest BCUT2D eigenvalue weighted by atomic mass is 9.98. The number of hydrogen-bond acceptors (Lipinski definition) is 2. The van der Waals surface area contributed by atoms with Crippen molar-refractivity contribution in [1.29, 1.82) is 0 Å². The Bertz CT molecular complexity index is 346. The molecule has 98 valence electrons. The second-order valence-electron chi connectivity index (χ2n) is 4.41. The molecule has 0 fully saturated rings. The maximum absolute atomic E-state index is 9.43. The third-order valence-electron chi connectivity index (χ3n) is 2.52. The van der Waals surface area contributed by atoms with Crippen LogP contribution in [-0.2, 0) is 0 Å². The average molecular weight is 299 g/mol. The fourth-order valence-electron chi connectivity index (χ4n) is 1.48. The van der Waals surface area contributed by atoms with Gasteiger partial charge in [-0.2, -0.15) is 0 Å². The number of phenols is 1. The Kier molecular flexibility index (Phi) is 7.26. The van der Waals surface area contributed by atoms with Crippen molar-refractivity contribution < 1.29 is 5.11 Å². The number of nitrogens with two attached hydrogens (primary N) is 1. The van der Waals surface area contributed by atoms with E-state index in [1.54, 1.807) is 12.1 Å². The molecule has 1 aromatic carbocycles. The van der Waals surface area contributed by atoms with Crippen LogP contribution in [0.5, 0.6) is 5.75 Å². The van der Waals surface area contributed by atoms with Gasteiger partial charge in [-0.25, -0.2) is 0 Å². The molecule has 1 rings (SSSR count). The highest BCUT2D eigenvalue weighted by Crippen LogP contribution is 2.35. The second-order valence-corrected chi connectivity index (χ2v) is 5.23. The summed E-state index contributed by atoms with van der Waals surface area (Å²) < 4.78 is 0. The molecule has 0 aliphatic rings. The Morgan fingerprint density at radius 1 is 1.18 bits per heavy atom. The van der Waals surface area contributed by atoms with Crippen LogP contribution >= 0.6 is 35.6 Å². The summed E-state index contributed by atoms with van der Waals surface area (Å²) in [5, 5.41) is 9.93. The molecule has 0 saturated heterocycles. The minimum atomic E-state index is -0.0852. The van der Waals surface area contributed by atoms with E-state index in [0.29, 0.717) is 5.92 Å². The van der Waals surface area contributed by atoms with E-state index in [4.69, 9.17) is 28.9 Å². The van der Waals surface area contributed by atoms with Gasteiger partial charge in [0.25, 0.3) is 0 Å². The Morgan fingerprint density at radius 3 is 2.06 bits per heavy atom. The van der Waals surface area contributed by atoms with Crippen molar-refractivity contribution in [1.82, 2.24) is 0 Å². The Hall–Kier alpha value is -0.150. The van der Waals surface area contributed by atoms with Crippen LogP contribution in [0.15, 0.2) is 12.1 Å². The molecular weight excluding hydrogens is 280 g/mol. The van der Waals surface area contributed by atoms with Gasteiger partial charge in [0.2, 0.25) is 0 Å². The predicted octanol–water partition coefficient (Wildman–Crippen LogP) is 4.56. The molecule has 0 radical (unpaired) electrons. The van der Waals surface area contributed by atoms with Crippen LogP contribution in [0.4, 0.5) is 0 Å². The predicted molar refractivity (Wildman–Crippen MR) is 76.4 cm³/mol. The highest BCUT2D eigenvalue weighted by molar-refractivity contribution is 6.37. The molecule has 17 heavy (non-hydrogen) atoms. The molecule has 5 heteroatoms. The minimum Gasteiger partial charge on any atom is -0.505 e. The van der Waals surface area contributed by atoms with E-state index in [-0.39, 0.29) is 34.2 Å². The minimum absolute atomic E-state index is 0. The van der Waals surface area contributed by atoms with Crippen molar-refractivity contribution in [3.63, 3.8) is 0 Å². The first-order valence-electron chi connectivity index (χ1n) is 5.35. The van der Waals surface area contributed by atoms with E-state index >= 15 is 0 Å². The van der Waals surface area contributed by atoms with Gasteiger partial charge in [0.1, 0.15) is 0 Å². The third-order valence-corrected chi connectivity index (χ3v) is 3.10. The van der Waals surface area contributed by atoms with Crippen LogP contribution in [-0.4, -0.2) is 5.11 Å². The highest BCUT2D eigenvalue weighted by atomic mass is 35.5. The number of halogens is 3. The zero-order valence-electron chi connectivity index (χ0n) is 9.91. The summed E-state index contributed by atoms with van der Waals surface area (Å²) in [6, 6.07) is 3.26. The van der Waals surface area contributed by atoms with Crippen molar-refractivity contribution in [2.45, 2.75) is 32.7 Å². The fraction of sp³-hybridized carbons (Fsp3) is 0.500. The molecule has 0 spiro atoms. The van der Waals surface area contributed by atoms with Gasteiger partial charge in [0.05, 0.1) is 10.0 Å². The maximum Gasteiger partial charge on any atom is 0.152 e. The van der Waals surface area contributed by atoms with Crippen LogP contribution in [0.2, 0.25) is 10.0 Å². The van der Waals surface area contributed by atoms with Crippen molar-refractivity contribution in [2.75, 3.05) is 0 Å². The smallest absolute Gasteiger partial charge is 0.152 e. The molecule has 0 aromatic heterocycles. The molecule has 3 N–H and O–H groups in total. The van der Waals surface area contributed by atoms with E-state index in [2.05, 4.69) is 13.8 Å². The second kappa shape index (κ2) is 7.32. The lowest BCUT2D eigenvalue weighted by molar-refractivity contribution is 0.474. The number of benzene rings is 1. The maximum atomic E-state index is 9.43. The molecule has 0 bridgehead atoms. The third kappa shape index (κ3) is 4.92. The van der Waals surface area contributed by atoms with E-state index in [1.165, 1.54) is 0 Å². The largest absolute Gasteiger partial charge is 0.505 e. The van der Waals surface area contributed by atoms with Crippen LogP contribution in [0.25, 0.3) is 0 Å². The topological polar surface area (TPSA) is 46.2 Å². The van der Waals surface area contributed by atoms with E-state index in [9.17, 15) is 5.11 Å². The highest BCUT2D eigenvalue weighted by Gasteiger charge is 2.12. The molecular formula is C12H18Cl3NO. The summed E-state index contributed by atoms with van der Waals surface area (Å²) in [4.78, 5) is 0. The van der Waals surface area contributed by atoms with Gasteiger partial charge in [-0.15, -0.1) is 12.4 Å². The van der Waals surface area contributed by atoms with Crippen LogP contribution < -0.4 is 5.73 Å². The van der Waals surface area contributed by atoms with E-state index in [1.807, 2.05) is 0 Å². The molecule has 0 unspecified atom stereocenters. The van der Waals surface area contributed by atoms with Crippen LogP contribution in [0.3, 0.4) is 0 Å². The van der Waals surface area contributed by atoms with E-state index < -0.39 is 0 Å². The van der Waals surface area contributed by atoms with Crippen LogP contribution in [0.1, 0.15) is 38.3 Å². The van der Waals surface area contributed by atoms with Gasteiger partial charge >= 0.3 is 0 Å². The van der Waals surface area contributed by atoms with Crippen LogP contribution in [0, 0.1) is 5.92 Å². The molecule has 1 atom stereocenters. The average Bonchev–Trinajstić information content (AvgIpc) is 2.21. The zero-order valence-corrected chi connectivity index (χ0v) is 12.2. The van der Waals surface area contributed by atoms with Crippen molar-refractivity contribution in [3.8, 4) is 5.75 Å². The lowest BCUT2D eigenvalue weighted by Crippen LogP contribution is -2.11. The summed E-state index contributed by atoms with van der Waals surface area (Å²) >= 11 is 11.7. The van der Waals surface area contributed by atoms with Gasteiger partial charge in [-0.05, 0) is 36.5 Å². The Balaban J connectivity index is 0.00000256. The number of hydrogen-bond donors (Lipinski definition) is 2. The Labute approximate surface area is 119 Å². The fourth-order valence-corrected chi connectivity index (χ4v) is 1.98. The van der Waals surface area contributed by atoms with Gasteiger partial charge < -0.3 is 10.8 Å². The zero-order chi connectivity index (χ0) is 12.3. The van der Waals surface area contributed by atoms with Crippen molar-refractivity contribution in [2.24, 2.45) is 11.7 Å². The van der Waals surface area contributed by atoms with Crippen molar-refractivity contribution in [3.05, 3.63) is 27.7 Å². The van der Waals surface area contributed by atoms with Gasteiger partial charge in [-0.3, -0.25) is 0 Å². The molecule has 0 aliphatic heterocycles. The van der Waals surface area contributed by atoms with Gasteiger partial charge in [0.15, 0.2) is 5.75 Å². The van der Waals surface area contributed by atoms with Gasteiger partial charge in [0, 0.05) is 6.04 Å². The first-order valence-corrected chi connectivity index (χ1v) is 6.11. The SMILES string of the molecule is CC(C)CC[C@H](N)c1cc(Cl)c(O)c(Cl)c1.Cl. The number of rotatable bonds is 4. The first kappa shape index (κ1) is 16.9. The standard InChI is InChI=1S/C12H17Cl2NO.ClH/c1-7(2)3-4-11(15)8-5-9(13)12(16)10(14)6-8;/h5-7,11,16H,3-4,15H2,1-2H3;1H/t11-;/m0./s1. The molecule has 0 saturated carbocycles. The monoisotopic (exact) mass is 297 g/mol. The molecule has 0 heterocycles. The summed E-state index contributed by atoms with van der Waals surface area (Å²) in [5.41, 5.74) is 6.90. The molecule has 0 amide bonds. The van der Waals surface area contributed by atoms with Crippen molar-refractivity contribution >= 4 is 35.6 Å². The lowest BCUT2D eigenvalue weighted by Gasteiger charge is -2.14. The number of phenolic OH excluding ortho intramolecular Hbond substituents is 1. The summed E-state index contributed by atoms with van der Waals surface area (Å²) in [6.07, 6.45) is 1.94. The van der Waals surface area contributed by atoms with E-state index in [0.717, 1.165) is 18.4 Å². The normalized spacial score (nSPS) is 12.4. The Morgan fingerprint density at radius 2 is 1.65 bits per heavy atom. The molecule has 0 aliphatic carbocycles.